The zero-order chi connectivity index (χ0) is 21.4. The van der Waals surface area contributed by atoms with Gasteiger partial charge in [0.05, 0.1) is 21.9 Å². The largest absolute Gasteiger partial charge is 0.512 e. The number of allylic oxidation sites excluding steroid dienone is 3. The summed E-state index contributed by atoms with van der Waals surface area (Å²) in [6.45, 7) is 2.73. The lowest BCUT2D eigenvalue weighted by molar-refractivity contribution is -0.384. The number of rotatable bonds is 8. The Labute approximate surface area is 167 Å². The summed E-state index contributed by atoms with van der Waals surface area (Å²) >= 11 is 0. The fraction of sp³-hybridized carbons (Fsp3) is 0.0952. The lowest BCUT2D eigenvalue weighted by atomic mass is 10.1. The fourth-order valence-corrected chi connectivity index (χ4v) is 2.33. The number of aliphatic hydroxyl groups is 1. The van der Waals surface area contributed by atoms with Crippen LogP contribution in [0.2, 0.25) is 0 Å². The Morgan fingerprint density at radius 1 is 1.10 bits per heavy atom. The molecule has 0 atom stereocenters. The number of para-hydroxylation sites is 2. The van der Waals surface area contributed by atoms with E-state index < -0.39 is 4.92 Å². The maximum Gasteiger partial charge on any atom is 0.269 e. The highest BCUT2D eigenvalue weighted by Gasteiger charge is 2.08. The Morgan fingerprint density at radius 2 is 1.76 bits per heavy atom. The van der Waals surface area contributed by atoms with E-state index in [2.05, 4.69) is 10.3 Å². The lowest BCUT2D eigenvalue weighted by Crippen LogP contribution is -2.01. The summed E-state index contributed by atoms with van der Waals surface area (Å²) in [6.07, 6.45) is 4.00. The summed E-state index contributed by atoms with van der Waals surface area (Å²) in [5.41, 5.74) is 1.40. The van der Waals surface area contributed by atoms with Crippen molar-refractivity contribution >= 4 is 34.8 Å². The SMILES string of the molecule is CC(=O)/C(C=Nc1ccccc1N/C=C/C(=O)c1ccc([N+](=O)[O-])cc1)=C(\C)O. The Balaban J connectivity index is 2.13. The number of nitrogens with one attached hydrogen (secondary N) is 1. The predicted molar refractivity (Wildman–Crippen MR) is 111 cm³/mol. The van der Waals surface area contributed by atoms with Crippen molar-refractivity contribution < 1.29 is 19.6 Å². The number of carbonyl (C=O) groups excluding carboxylic acids is 2. The molecule has 0 saturated heterocycles. The van der Waals surface area contributed by atoms with Crippen LogP contribution in [0.5, 0.6) is 0 Å². The average molecular weight is 393 g/mol. The molecular formula is C21H19N3O5. The van der Waals surface area contributed by atoms with Crippen LogP contribution in [0.15, 0.2) is 77.1 Å². The van der Waals surface area contributed by atoms with Crippen LogP contribution in [0.3, 0.4) is 0 Å². The number of ketones is 2. The quantitative estimate of drug-likeness (QED) is 0.170. The van der Waals surface area contributed by atoms with E-state index in [0.717, 1.165) is 0 Å². The molecule has 0 radical (unpaired) electrons. The summed E-state index contributed by atoms with van der Waals surface area (Å²) in [5, 5.41) is 23.2. The minimum atomic E-state index is -0.534. The number of aliphatic hydroxyl groups excluding tert-OH is 1. The maximum absolute atomic E-state index is 12.2. The van der Waals surface area contributed by atoms with E-state index in [1.807, 2.05) is 0 Å². The standard InChI is InChI=1S/C21H19N3O5/c1-14(25)18(15(2)26)13-23-20-6-4-3-5-19(20)22-12-11-21(27)16-7-9-17(10-8-16)24(28)29/h3-13,22,25H,1-2H3/b12-11+,18-14+,23-13?. The van der Waals surface area contributed by atoms with Gasteiger partial charge in [0.1, 0.15) is 5.76 Å². The first-order chi connectivity index (χ1) is 13.8. The Kier molecular flexibility index (Phi) is 7.14. The second-order valence-electron chi connectivity index (χ2n) is 5.98. The number of anilines is 1. The average Bonchev–Trinajstić information content (AvgIpc) is 2.68. The van der Waals surface area contributed by atoms with Crippen molar-refractivity contribution in [1.29, 1.82) is 0 Å². The van der Waals surface area contributed by atoms with E-state index in [4.69, 9.17) is 0 Å². The topological polar surface area (TPSA) is 122 Å². The van der Waals surface area contributed by atoms with Crippen molar-refractivity contribution in [2.75, 3.05) is 5.32 Å². The van der Waals surface area contributed by atoms with Gasteiger partial charge in [-0.1, -0.05) is 12.1 Å². The molecule has 0 aromatic heterocycles. The number of nitro benzene ring substituents is 1. The number of hydrogen-bond acceptors (Lipinski definition) is 7. The highest BCUT2D eigenvalue weighted by Crippen LogP contribution is 2.24. The van der Waals surface area contributed by atoms with Crippen LogP contribution in [-0.4, -0.2) is 27.8 Å². The molecule has 2 rings (SSSR count). The molecule has 0 saturated carbocycles. The van der Waals surface area contributed by atoms with Crippen molar-refractivity contribution in [2.24, 2.45) is 4.99 Å². The second kappa shape index (κ2) is 9.75. The van der Waals surface area contributed by atoms with E-state index in [9.17, 15) is 24.8 Å². The first kappa shape index (κ1) is 21.2. The summed E-state index contributed by atoms with van der Waals surface area (Å²) in [4.78, 5) is 38.0. The number of hydrogen-bond donors (Lipinski definition) is 2. The van der Waals surface area contributed by atoms with Crippen LogP contribution >= 0.6 is 0 Å². The number of carbonyl (C=O) groups is 2. The highest BCUT2D eigenvalue weighted by molar-refractivity contribution is 6.13. The van der Waals surface area contributed by atoms with Gasteiger partial charge in [0.15, 0.2) is 11.6 Å². The number of non-ortho nitro benzene ring substituents is 1. The normalized spacial score (nSPS) is 12.1. The molecular weight excluding hydrogens is 374 g/mol. The number of Topliss-reactive ketones (excluding diaryl/α,β-unsaturated/α-hetero) is 1. The molecule has 0 aliphatic carbocycles. The van der Waals surface area contributed by atoms with E-state index in [0.29, 0.717) is 16.9 Å². The third-order valence-corrected chi connectivity index (χ3v) is 3.84. The summed E-state index contributed by atoms with van der Waals surface area (Å²) < 4.78 is 0. The second-order valence-corrected chi connectivity index (χ2v) is 5.98. The molecule has 8 heteroatoms. The maximum atomic E-state index is 12.2. The molecule has 0 aliphatic rings. The van der Waals surface area contributed by atoms with Gasteiger partial charge in [0.2, 0.25) is 0 Å². The highest BCUT2D eigenvalue weighted by atomic mass is 16.6. The van der Waals surface area contributed by atoms with E-state index in [1.54, 1.807) is 24.3 Å². The van der Waals surface area contributed by atoms with Gasteiger partial charge in [-0.3, -0.25) is 24.7 Å². The molecule has 2 N–H and O–H groups in total. The molecule has 0 spiro atoms. The molecule has 8 nitrogen and oxygen atoms in total. The molecule has 148 valence electrons. The van der Waals surface area contributed by atoms with E-state index in [-0.39, 0.29) is 28.6 Å². The minimum Gasteiger partial charge on any atom is -0.512 e. The zero-order valence-corrected chi connectivity index (χ0v) is 15.8. The molecule has 0 amide bonds. The number of benzene rings is 2. The molecule has 2 aromatic carbocycles. The van der Waals surface area contributed by atoms with Gasteiger partial charge in [-0.05, 0) is 38.1 Å². The van der Waals surface area contributed by atoms with Crippen LogP contribution < -0.4 is 5.32 Å². The van der Waals surface area contributed by atoms with Crippen LogP contribution in [0.4, 0.5) is 17.1 Å². The summed E-state index contributed by atoms with van der Waals surface area (Å²) in [5.74, 6) is -0.765. The first-order valence-corrected chi connectivity index (χ1v) is 8.55. The third-order valence-electron chi connectivity index (χ3n) is 3.84. The Bertz CT molecular complexity index is 1020. The number of aliphatic imine (C=N–C) groups is 1. The van der Waals surface area contributed by atoms with Gasteiger partial charge in [-0.25, -0.2) is 0 Å². The molecule has 0 unspecified atom stereocenters. The molecule has 0 bridgehead atoms. The Morgan fingerprint density at radius 3 is 2.34 bits per heavy atom. The van der Waals surface area contributed by atoms with Crippen LogP contribution in [-0.2, 0) is 4.79 Å². The summed E-state index contributed by atoms with van der Waals surface area (Å²) in [6, 6.07) is 12.3. The molecule has 0 fully saturated rings. The third kappa shape index (κ3) is 5.96. The van der Waals surface area contributed by atoms with Gasteiger partial charge in [0, 0.05) is 36.2 Å². The molecule has 0 aliphatic heterocycles. The van der Waals surface area contributed by atoms with Gasteiger partial charge < -0.3 is 10.4 Å². The fourth-order valence-electron chi connectivity index (χ4n) is 2.33. The van der Waals surface area contributed by atoms with Crippen molar-refractivity contribution in [3.8, 4) is 0 Å². The van der Waals surface area contributed by atoms with E-state index in [1.165, 1.54) is 56.6 Å². The smallest absolute Gasteiger partial charge is 0.269 e. The number of nitrogens with zero attached hydrogens (tertiary/aromatic N) is 2. The molecule has 29 heavy (non-hydrogen) atoms. The first-order valence-electron chi connectivity index (χ1n) is 8.55. The molecule has 2 aromatic rings. The minimum absolute atomic E-state index is 0.0902. The predicted octanol–water partition coefficient (Wildman–Crippen LogP) is 4.53. The number of nitro groups is 1. The molecule has 0 heterocycles. The van der Waals surface area contributed by atoms with Gasteiger partial charge >= 0.3 is 0 Å². The Hall–Kier alpha value is -4.07. The van der Waals surface area contributed by atoms with Crippen molar-refractivity contribution in [3.05, 3.63) is 87.8 Å². The van der Waals surface area contributed by atoms with Gasteiger partial charge in [-0.15, -0.1) is 0 Å². The van der Waals surface area contributed by atoms with E-state index >= 15 is 0 Å². The van der Waals surface area contributed by atoms with Crippen LogP contribution in [0.25, 0.3) is 0 Å². The van der Waals surface area contributed by atoms with Crippen molar-refractivity contribution in [3.63, 3.8) is 0 Å². The van der Waals surface area contributed by atoms with Crippen LogP contribution in [0, 0.1) is 10.1 Å². The van der Waals surface area contributed by atoms with Gasteiger partial charge in [-0.2, -0.15) is 0 Å². The van der Waals surface area contributed by atoms with Gasteiger partial charge in [0.25, 0.3) is 5.69 Å². The summed E-state index contributed by atoms with van der Waals surface area (Å²) in [7, 11) is 0. The van der Waals surface area contributed by atoms with Crippen molar-refractivity contribution in [1.82, 2.24) is 0 Å². The van der Waals surface area contributed by atoms with Crippen molar-refractivity contribution in [2.45, 2.75) is 13.8 Å². The van der Waals surface area contributed by atoms with Crippen LogP contribution in [0.1, 0.15) is 24.2 Å². The lowest BCUT2D eigenvalue weighted by Gasteiger charge is -2.05. The monoisotopic (exact) mass is 393 g/mol. The zero-order valence-electron chi connectivity index (χ0n) is 15.8.